The van der Waals surface area contributed by atoms with E-state index in [2.05, 4.69) is 0 Å². The molecule has 0 aromatic carbocycles. The lowest BCUT2D eigenvalue weighted by Gasteiger charge is -2.24. The highest BCUT2D eigenvalue weighted by molar-refractivity contribution is 14.1. The van der Waals surface area contributed by atoms with Crippen molar-refractivity contribution in [2.75, 3.05) is 4.43 Å². The molecule has 72 valence electrons. The summed E-state index contributed by atoms with van der Waals surface area (Å²) in [4.78, 5) is 4.87. The molecule has 0 aliphatic carbocycles. The number of alkyl halides is 1. The van der Waals surface area contributed by atoms with Crippen LogP contribution >= 0.6 is 22.6 Å². The van der Waals surface area contributed by atoms with Gasteiger partial charge in [0.1, 0.15) is 12.5 Å². The molecule has 3 N–H and O–H groups in total. The van der Waals surface area contributed by atoms with Crippen molar-refractivity contribution in [1.29, 1.82) is 0 Å². The lowest BCUT2D eigenvalue weighted by atomic mass is 10.3. The molecule has 1 heterocycles. The van der Waals surface area contributed by atoms with Gasteiger partial charge in [-0.25, -0.2) is 0 Å². The van der Waals surface area contributed by atoms with Gasteiger partial charge in [-0.2, -0.15) is 0 Å². The van der Waals surface area contributed by atoms with Gasteiger partial charge in [0.15, 0.2) is 6.29 Å². The minimum Gasteiger partial charge on any atom is -0.376 e. The van der Waals surface area contributed by atoms with Gasteiger partial charge in [0.2, 0.25) is 0 Å². The Bertz CT molecular complexity index is 138. The summed E-state index contributed by atoms with van der Waals surface area (Å²) < 4.78 is 0.397. The van der Waals surface area contributed by atoms with Gasteiger partial charge in [0.25, 0.3) is 0 Å². The minimum atomic E-state index is -0.965. The number of aliphatic hydroxyl groups is 3. The monoisotopic (exact) mass is 289 g/mol. The van der Waals surface area contributed by atoms with Crippen molar-refractivity contribution in [1.82, 2.24) is 5.06 Å². The molecule has 12 heavy (non-hydrogen) atoms. The molecule has 3 unspecified atom stereocenters. The second-order valence-electron chi connectivity index (χ2n) is 2.61. The van der Waals surface area contributed by atoms with Gasteiger partial charge >= 0.3 is 0 Å². The van der Waals surface area contributed by atoms with Crippen LogP contribution in [-0.4, -0.2) is 43.6 Å². The van der Waals surface area contributed by atoms with E-state index in [9.17, 15) is 10.2 Å². The van der Waals surface area contributed by atoms with Crippen molar-refractivity contribution in [2.45, 2.75) is 31.6 Å². The molecule has 0 spiro atoms. The number of nitrogens with zero attached hydrogens (tertiary/aromatic N) is 1. The quantitative estimate of drug-likeness (QED) is 0.368. The maximum atomic E-state index is 9.23. The predicted molar refractivity (Wildman–Crippen MR) is 49.1 cm³/mol. The number of aliphatic hydroxyl groups excluding tert-OH is 3. The zero-order valence-corrected chi connectivity index (χ0v) is 8.59. The van der Waals surface area contributed by atoms with Crippen molar-refractivity contribution in [3.8, 4) is 0 Å². The Kier molecular flexibility index (Phi) is 4.14. The fraction of sp³-hybridized carbons (Fsp3) is 1.00. The number of rotatable bonds is 3. The van der Waals surface area contributed by atoms with Crippen LogP contribution in [0, 0.1) is 0 Å². The maximum Gasteiger partial charge on any atom is 0.184 e. The summed E-state index contributed by atoms with van der Waals surface area (Å²) in [6.07, 6.45) is -1.65. The van der Waals surface area contributed by atoms with Crippen LogP contribution in [0.4, 0.5) is 0 Å². The third-order valence-electron chi connectivity index (χ3n) is 1.65. The molecule has 1 aliphatic heterocycles. The largest absolute Gasteiger partial charge is 0.376 e. The summed E-state index contributed by atoms with van der Waals surface area (Å²) in [5.41, 5.74) is 0. The molecule has 1 saturated heterocycles. The zero-order chi connectivity index (χ0) is 9.14. The summed E-state index contributed by atoms with van der Waals surface area (Å²) in [7, 11) is 0. The average molecular weight is 289 g/mol. The SMILES string of the molecule is OC(CI)ON1C(O)CCC1O. The Morgan fingerprint density at radius 1 is 1.42 bits per heavy atom. The van der Waals surface area contributed by atoms with Gasteiger partial charge in [-0.1, -0.05) is 22.6 Å². The fourth-order valence-electron chi connectivity index (χ4n) is 1.06. The summed E-state index contributed by atoms with van der Waals surface area (Å²) in [5, 5.41) is 28.6. The molecule has 0 amide bonds. The number of hydroxylamine groups is 2. The first kappa shape index (κ1) is 10.6. The fourth-order valence-corrected chi connectivity index (χ4v) is 1.22. The van der Waals surface area contributed by atoms with E-state index < -0.39 is 18.7 Å². The van der Waals surface area contributed by atoms with E-state index in [4.69, 9.17) is 9.94 Å². The molecular formula is C6H12INO4. The lowest BCUT2D eigenvalue weighted by Crippen LogP contribution is -2.39. The third-order valence-corrected chi connectivity index (χ3v) is 2.40. The number of hydrogen-bond donors (Lipinski definition) is 3. The van der Waals surface area contributed by atoms with E-state index >= 15 is 0 Å². The summed E-state index contributed by atoms with van der Waals surface area (Å²) in [6.45, 7) is 0. The van der Waals surface area contributed by atoms with Gasteiger partial charge in [-0.05, 0) is 12.8 Å². The minimum absolute atomic E-state index is 0.397. The van der Waals surface area contributed by atoms with Crippen LogP contribution in [0.2, 0.25) is 0 Å². The van der Waals surface area contributed by atoms with E-state index in [1.807, 2.05) is 22.6 Å². The molecule has 0 saturated carbocycles. The Morgan fingerprint density at radius 2 is 1.92 bits per heavy atom. The summed E-state index contributed by atoms with van der Waals surface area (Å²) in [5.74, 6) is 0. The molecule has 3 atom stereocenters. The van der Waals surface area contributed by atoms with E-state index in [0.717, 1.165) is 5.06 Å². The molecule has 0 radical (unpaired) electrons. The van der Waals surface area contributed by atoms with Crippen molar-refractivity contribution >= 4 is 22.6 Å². The molecule has 6 heteroatoms. The van der Waals surface area contributed by atoms with Gasteiger partial charge in [-0.15, -0.1) is 5.06 Å². The molecular weight excluding hydrogens is 277 g/mol. The Morgan fingerprint density at radius 3 is 2.33 bits per heavy atom. The van der Waals surface area contributed by atoms with E-state index in [1.54, 1.807) is 0 Å². The van der Waals surface area contributed by atoms with Crippen LogP contribution in [-0.2, 0) is 4.84 Å². The van der Waals surface area contributed by atoms with Crippen LogP contribution < -0.4 is 0 Å². The Labute approximate surface area is 84.0 Å². The Hall–Kier alpha value is 0.530. The molecule has 1 rings (SSSR count). The molecule has 1 fully saturated rings. The highest BCUT2D eigenvalue weighted by atomic mass is 127. The molecule has 5 nitrogen and oxygen atoms in total. The molecule has 0 bridgehead atoms. The average Bonchev–Trinajstić information content (AvgIpc) is 2.35. The van der Waals surface area contributed by atoms with Crippen LogP contribution in [0.15, 0.2) is 0 Å². The van der Waals surface area contributed by atoms with Crippen molar-refractivity contribution in [2.24, 2.45) is 0 Å². The summed E-state index contributed by atoms with van der Waals surface area (Å²) >= 11 is 1.95. The van der Waals surface area contributed by atoms with Crippen LogP contribution in [0.3, 0.4) is 0 Å². The highest BCUT2D eigenvalue weighted by Gasteiger charge is 2.33. The van der Waals surface area contributed by atoms with Gasteiger partial charge in [0, 0.05) is 0 Å². The molecule has 0 aromatic rings. The van der Waals surface area contributed by atoms with Crippen molar-refractivity contribution in [3.63, 3.8) is 0 Å². The topological polar surface area (TPSA) is 73.2 Å². The van der Waals surface area contributed by atoms with Crippen LogP contribution in [0.5, 0.6) is 0 Å². The first-order valence-corrected chi connectivity index (χ1v) is 5.23. The second-order valence-corrected chi connectivity index (χ2v) is 3.49. The first-order chi connectivity index (χ1) is 5.65. The predicted octanol–water partition coefficient (Wildman–Crippen LogP) is -0.596. The zero-order valence-electron chi connectivity index (χ0n) is 6.43. The molecule has 1 aliphatic rings. The van der Waals surface area contributed by atoms with E-state index in [-0.39, 0.29) is 0 Å². The van der Waals surface area contributed by atoms with Crippen molar-refractivity contribution in [3.05, 3.63) is 0 Å². The first-order valence-electron chi connectivity index (χ1n) is 3.70. The van der Waals surface area contributed by atoms with Crippen molar-refractivity contribution < 1.29 is 20.2 Å². The lowest BCUT2D eigenvalue weighted by molar-refractivity contribution is -0.330. The second kappa shape index (κ2) is 4.68. The van der Waals surface area contributed by atoms with Crippen LogP contribution in [0.25, 0.3) is 0 Å². The van der Waals surface area contributed by atoms with E-state index in [0.29, 0.717) is 17.3 Å². The van der Waals surface area contributed by atoms with Gasteiger partial charge < -0.3 is 15.3 Å². The van der Waals surface area contributed by atoms with Gasteiger partial charge in [0.05, 0.1) is 4.43 Å². The smallest absolute Gasteiger partial charge is 0.184 e. The van der Waals surface area contributed by atoms with Gasteiger partial charge in [-0.3, -0.25) is 4.84 Å². The number of hydrogen-bond acceptors (Lipinski definition) is 5. The standard InChI is InChI=1S/C6H12INO4/c7-3-6(11)12-8-4(9)1-2-5(8)10/h4-6,9-11H,1-3H2. The summed E-state index contributed by atoms with van der Waals surface area (Å²) in [6, 6.07) is 0. The maximum absolute atomic E-state index is 9.23. The van der Waals surface area contributed by atoms with Crippen LogP contribution in [0.1, 0.15) is 12.8 Å². The normalized spacial score (nSPS) is 34.0. The third kappa shape index (κ3) is 2.51. The molecule has 0 aromatic heterocycles. The highest BCUT2D eigenvalue weighted by Crippen LogP contribution is 2.21. The van der Waals surface area contributed by atoms with E-state index in [1.165, 1.54) is 0 Å². The Balaban J connectivity index is 2.38. The number of halogens is 1.